The number of fused-ring (bicyclic) bond motifs is 1. The van der Waals surface area contributed by atoms with Gasteiger partial charge in [0.25, 0.3) is 0 Å². The standard InChI is InChI=1S/C14H14ClNO2/c1-8-3-4-10-7-11(13(18)6-9(2)17)14(15)16-12(10)5-8/h3-5,7,13,18H,6H2,1-2H3. The van der Waals surface area contributed by atoms with E-state index < -0.39 is 6.10 Å². The van der Waals surface area contributed by atoms with Gasteiger partial charge in [-0.05, 0) is 31.5 Å². The second kappa shape index (κ2) is 5.04. The number of hydrogen-bond acceptors (Lipinski definition) is 3. The maximum Gasteiger partial charge on any atom is 0.135 e. The van der Waals surface area contributed by atoms with Crippen LogP contribution in [0.4, 0.5) is 0 Å². The van der Waals surface area contributed by atoms with Crippen LogP contribution in [0, 0.1) is 6.92 Å². The zero-order chi connectivity index (χ0) is 13.3. The number of halogens is 1. The maximum atomic E-state index is 11.0. The molecule has 1 heterocycles. The number of aliphatic hydroxyl groups is 1. The third-order valence-electron chi connectivity index (χ3n) is 2.79. The van der Waals surface area contributed by atoms with E-state index in [1.807, 2.05) is 25.1 Å². The van der Waals surface area contributed by atoms with E-state index in [0.717, 1.165) is 16.5 Å². The maximum absolute atomic E-state index is 11.0. The van der Waals surface area contributed by atoms with E-state index in [0.29, 0.717) is 5.56 Å². The molecule has 1 N–H and O–H groups in total. The lowest BCUT2D eigenvalue weighted by molar-refractivity contribution is -0.118. The monoisotopic (exact) mass is 263 g/mol. The molecular formula is C14H14ClNO2. The molecule has 94 valence electrons. The Kier molecular flexibility index (Phi) is 3.64. The number of Topliss-reactive ketones (excluding diaryl/α,β-unsaturated/α-hetero) is 1. The van der Waals surface area contributed by atoms with Crippen molar-refractivity contribution in [2.75, 3.05) is 0 Å². The SMILES string of the molecule is CC(=O)CC(O)c1cc2ccc(C)cc2nc1Cl. The summed E-state index contributed by atoms with van der Waals surface area (Å²) in [5.41, 5.74) is 2.39. The Balaban J connectivity index is 2.49. The Morgan fingerprint density at radius 1 is 1.44 bits per heavy atom. The van der Waals surface area contributed by atoms with Crippen LogP contribution in [0.15, 0.2) is 24.3 Å². The molecule has 0 aliphatic rings. The molecule has 0 aliphatic carbocycles. The number of carbonyl (C=O) groups is 1. The Morgan fingerprint density at radius 2 is 2.17 bits per heavy atom. The van der Waals surface area contributed by atoms with Gasteiger partial charge in [-0.15, -0.1) is 0 Å². The van der Waals surface area contributed by atoms with Gasteiger partial charge in [0, 0.05) is 17.4 Å². The predicted octanol–water partition coefficient (Wildman–Crippen LogP) is 3.21. The first kappa shape index (κ1) is 13.0. The molecule has 0 amide bonds. The van der Waals surface area contributed by atoms with E-state index in [9.17, 15) is 9.90 Å². The number of pyridine rings is 1. The largest absolute Gasteiger partial charge is 0.388 e. The van der Waals surface area contributed by atoms with Crippen LogP contribution in [0.3, 0.4) is 0 Å². The Hall–Kier alpha value is -1.45. The van der Waals surface area contributed by atoms with E-state index >= 15 is 0 Å². The van der Waals surface area contributed by atoms with Crippen molar-refractivity contribution in [2.45, 2.75) is 26.4 Å². The minimum absolute atomic E-state index is 0.0543. The molecule has 1 atom stereocenters. The van der Waals surface area contributed by atoms with E-state index in [4.69, 9.17) is 11.6 Å². The second-order valence-corrected chi connectivity index (χ2v) is 4.84. The quantitative estimate of drug-likeness (QED) is 0.865. The van der Waals surface area contributed by atoms with Gasteiger partial charge < -0.3 is 5.11 Å². The average Bonchev–Trinajstić information content (AvgIpc) is 2.26. The van der Waals surface area contributed by atoms with E-state index in [1.165, 1.54) is 6.92 Å². The van der Waals surface area contributed by atoms with Crippen LogP contribution < -0.4 is 0 Å². The van der Waals surface area contributed by atoms with Crippen LogP contribution >= 0.6 is 11.6 Å². The molecule has 0 spiro atoms. The van der Waals surface area contributed by atoms with Crippen molar-refractivity contribution in [3.8, 4) is 0 Å². The van der Waals surface area contributed by atoms with Crippen molar-refractivity contribution in [3.63, 3.8) is 0 Å². The van der Waals surface area contributed by atoms with Crippen molar-refractivity contribution in [1.29, 1.82) is 0 Å². The summed E-state index contributed by atoms with van der Waals surface area (Å²) in [6.45, 7) is 3.42. The van der Waals surface area contributed by atoms with Gasteiger partial charge in [0.2, 0.25) is 0 Å². The minimum Gasteiger partial charge on any atom is -0.388 e. The third-order valence-corrected chi connectivity index (χ3v) is 3.10. The Morgan fingerprint density at radius 3 is 2.83 bits per heavy atom. The van der Waals surface area contributed by atoms with Gasteiger partial charge in [0.05, 0.1) is 11.6 Å². The fraction of sp³-hybridized carbons (Fsp3) is 0.286. The van der Waals surface area contributed by atoms with Crippen LogP contribution in [0.2, 0.25) is 5.15 Å². The third kappa shape index (κ3) is 2.68. The fourth-order valence-electron chi connectivity index (χ4n) is 1.89. The molecule has 0 radical (unpaired) electrons. The van der Waals surface area contributed by atoms with Crippen molar-refractivity contribution >= 4 is 28.3 Å². The molecular weight excluding hydrogens is 250 g/mol. The molecule has 2 aromatic rings. The first-order valence-electron chi connectivity index (χ1n) is 5.71. The Labute approximate surface area is 110 Å². The van der Waals surface area contributed by atoms with Crippen molar-refractivity contribution < 1.29 is 9.90 Å². The number of aryl methyl sites for hydroxylation is 1. The van der Waals surface area contributed by atoms with E-state index in [-0.39, 0.29) is 17.4 Å². The predicted molar refractivity (Wildman–Crippen MR) is 71.7 cm³/mol. The van der Waals surface area contributed by atoms with Crippen LogP contribution in [0.5, 0.6) is 0 Å². The van der Waals surface area contributed by atoms with Gasteiger partial charge in [-0.25, -0.2) is 4.98 Å². The lowest BCUT2D eigenvalue weighted by Gasteiger charge is -2.12. The summed E-state index contributed by atoms with van der Waals surface area (Å²) in [6, 6.07) is 7.62. The first-order chi connectivity index (χ1) is 8.47. The zero-order valence-electron chi connectivity index (χ0n) is 10.3. The number of aromatic nitrogens is 1. The molecule has 1 aromatic heterocycles. The van der Waals surface area contributed by atoms with Crippen LogP contribution in [-0.2, 0) is 4.79 Å². The van der Waals surface area contributed by atoms with Gasteiger partial charge in [-0.1, -0.05) is 23.7 Å². The van der Waals surface area contributed by atoms with Crippen LogP contribution in [0.25, 0.3) is 10.9 Å². The molecule has 18 heavy (non-hydrogen) atoms. The number of hydrogen-bond donors (Lipinski definition) is 1. The lowest BCUT2D eigenvalue weighted by Crippen LogP contribution is -2.05. The number of rotatable bonds is 3. The van der Waals surface area contributed by atoms with Crippen LogP contribution in [-0.4, -0.2) is 15.9 Å². The molecule has 0 saturated carbocycles. The molecule has 0 bridgehead atoms. The topological polar surface area (TPSA) is 50.2 Å². The summed E-state index contributed by atoms with van der Waals surface area (Å²) >= 11 is 6.05. The van der Waals surface area contributed by atoms with E-state index in [2.05, 4.69) is 4.98 Å². The lowest BCUT2D eigenvalue weighted by atomic mass is 10.0. The normalized spacial score (nSPS) is 12.7. The molecule has 0 aliphatic heterocycles. The summed E-state index contributed by atoms with van der Waals surface area (Å²) in [6.07, 6.45) is -0.841. The fourth-order valence-corrected chi connectivity index (χ4v) is 2.16. The summed E-state index contributed by atoms with van der Waals surface area (Å²) < 4.78 is 0. The van der Waals surface area contributed by atoms with Gasteiger partial charge in [-0.3, -0.25) is 4.79 Å². The minimum atomic E-state index is -0.895. The van der Waals surface area contributed by atoms with Gasteiger partial charge in [0.1, 0.15) is 10.9 Å². The van der Waals surface area contributed by atoms with Crippen LogP contribution in [0.1, 0.15) is 30.6 Å². The zero-order valence-corrected chi connectivity index (χ0v) is 11.0. The number of nitrogens with zero attached hydrogens (tertiary/aromatic N) is 1. The highest BCUT2D eigenvalue weighted by atomic mass is 35.5. The highest BCUT2D eigenvalue weighted by Gasteiger charge is 2.15. The highest BCUT2D eigenvalue weighted by Crippen LogP contribution is 2.28. The average molecular weight is 264 g/mol. The number of carbonyl (C=O) groups excluding carboxylic acids is 1. The Bertz CT molecular complexity index is 610. The van der Waals surface area contributed by atoms with Crippen molar-refractivity contribution in [2.24, 2.45) is 0 Å². The second-order valence-electron chi connectivity index (χ2n) is 4.49. The highest BCUT2D eigenvalue weighted by molar-refractivity contribution is 6.30. The van der Waals surface area contributed by atoms with Gasteiger partial charge >= 0.3 is 0 Å². The number of ketones is 1. The smallest absolute Gasteiger partial charge is 0.135 e. The summed E-state index contributed by atoms with van der Waals surface area (Å²) in [4.78, 5) is 15.3. The van der Waals surface area contributed by atoms with Gasteiger partial charge in [0.15, 0.2) is 0 Å². The summed E-state index contributed by atoms with van der Waals surface area (Å²) in [5.74, 6) is -0.0810. The van der Waals surface area contributed by atoms with Gasteiger partial charge in [-0.2, -0.15) is 0 Å². The molecule has 3 nitrogen and oxygen atoms in total. The first-order valence-corrected chi connectivity index (χ1v) is 6.09. The van der Waals surface area contributed by atoms with E-state index in [1.54, 1.807) is 6.07 Å². The molecule has 1 aromatic carbocycles. The molecule has 2 rings (SSSR count). The molecule has 0 fully saturated rings. The molecule has 4 heteroatoms. The molecule has 1 unspecified atom stereocenters. The van der Waals surface area contributed by atoms with Crippen molar-refractivity contribution in [3.05, 3.63) is 40.5 Å². The molecule has 0 saturated heterocycles. The number of benzene rings is 1. The van der Waals surface area contributed by atoms with Crippen molar-refractivity contribution in [1.82, 2.24) is 4.98 Å². The summed E-state index contributed by atoms with van der Waals surface area (Å²) in [5, 5.41) is 11.1. The summed E-state index contributed by atoms with van der Waals surface area (Å²) in [7, 11) is 0. The number of aliphatic hydroxyl groups excluding tert-OH is 1.